The first-order valence-electron chi connectivity index (χ1n) is 10.3. The number of pyridine rings is 2. The average Bonchev–Trinajstić information content (AvgIpc) is 2.78. The lowest BCUT2D eigenvalue weighted by atomic mass is 10.0. The van der Waals surface area contributed by atoms with Crippen LogP contribution in [0, 0.1) is 12.7 Å². The van der Waals surface area contributed by atoms with Crippen molar-refractivity contribution in [2.24, 2.45) is 0 Å². The van der Waals surface area contributed by atoms with Crippen LogP contribution < -0.4 is 9.80 Å². The van der Waals surface area contributed by atoms with Gasteiger partial charge in [-0.15, -0.1) is 0 Å². The Bertz CT molecular complexity index is 1270. The average molecular weight is 414 g/mol. The van der Waals surface area contributed by atoms with Gasteiger partial charge in [-0.2, -0.15) is 0 Å². The SMILES string of the molecule is Cc1nc(N2CCc3ncc(-c4ccc(N(C)C)nc4)cc3C2)c2cc(F)ccc2n1. The Morgan fingerprint density at radius 2 is 1.81 bits per heavy atom. The van der Waals surface area contributed by atoms with Crippen molar-refractivity contribution in [2.75, 3.05) is 30.4 Å². The van der Waals surface area contributed by atoms with Crippen molar-refractivity contribution in [1.29, 1.82) is 0 Å². The molecule has 7 heteroatoms. The van der Waals surface area contributed by atoms with Gasteiger partial charge in [0.1, 0.15) is 23.3 Å². The molecule has 0 bridgehead atoms. The third-order valence-electron chi connectivity index (χ3n) is 5.63. The van der Waals surface area contributed by atoms with Gasteiger partial charge in [-0.1, -0.05) is 0 Å². The maximum Gasteiger partial charge on any atom is 0.140 e. The van der Waals surface area contributed by atoms with Crippen LogP contribution in [0.2, 0.25) is 0 Å². The van der Waals surface area contributed by atoms with Gasteiger partial charge in [-0.3, -0.25) is 4.98 Å². The summed E-state index contributed by atoms with van der Waals surface area (Å²) in [6.45, 7) is 3.32. The van der Waals surface area contributed by atoms with Gasteiger partial charge in [0, 0.05) is 68.2 Å². The highest BCUT2D eigenvalue weighted by Gasteiger charge is 2.22. The van der Waals surface area contributed by atoms with Crippen molar-refractivity contribution >= 4 is 22.5 Å². The monoisotopic (exact) mass is 414 g/mol. The second-order valence-electron chi connectivity index (χ2n) is 8.06. The van der Waals surface area contributed by atoms with Crippen LogP contribution in [0.3, 0.4) is 0 Å². The van der Waals surface area contributed by atoms with Crippen molar-refractivity contribution in [3.8, 4) is 11.1 Å². The standard InChI is InChI=1S/C24H23FN6/c1-15-28-22-6-5-19(25)11-20(22)24(29-15)31-9-8-21-18(14-31)10-17(13-26-21)16-4-7-23(27-12-16)30(2)3/h4-7,10-13H,8-9,14H2,1-3H3. The summed E-state index contributed by atoms with van der Waals surface area (Å²) in [6, 6.07) is 10.9. The van der Waals surface area contributed by atoms with Crippen LogP contribution in [0.4, 0.5) is 16.0 Å². The molecule has 0 aliphatic carbocycles. The zero-order valence-corrected chi connectivity index (χ0v) is 17.8. The molecule has 0 fully saturated rings. The molecule has 0 N–H and O–H groups in total. The summed E-state index contributed by atoms with van der Waals surface area (Å²) in [7, 11) is 3.95. The third kappa shape index (κ3) is 3.67. The minimum Gasteiger partial charge on any atom is -0.363 e. The highest BCUT2D eigenvalue weighted by Crippen LogP contribution is 2.30. The maximum absolute atomic E-state index is 13.9. The fourth-order valence-corrected chi connectivity index (χ4v) is 4.02. The predicted octanol–water partition coefficient (Wildman–Crippen LogP) is 4.16. The van der Waals surface area contributed by atoms with E-state index in [4.69, 9.17) is 4.98 Å². The number of aromatic nitrogens is 4. The van der Waals surface area contributed by atoms with Crippen LogP contribution in [-0.2, 0) is 13.0 Å². The summed E-state index contributed by atoms with van der Waals surface area (Å²) in [6.07, 6.45) is 4.61. The van der Waals surface area contributed by atoms with E-state index in [0.717, 1.165) is 57.9 Å². The van der Waals surface area contributed by atoms with Crippen LogP contribution in [0.25, 0.3) is 22.0 Å². The van der Waals surface area contributed by atoms with Crippen LogP contribution >= 0.6 is 0 Å². The molecule has 0 saturated heterocycles. The molecule has 31 heavy (non-hydrogen) atoms. The number of rotatable bonds is 3. The molecule has 5 rings (SSSR count). The maximum atomic E-state index is 13.9. The molecule has 0 unspecified atom stereocenters. The lowest BCUT2D eigenvalue weighted by Crippen LogP contribution is -2.32. The summed E-state index contributed by atoms with van der Waals surface area (Å²) < 4.78 is 13.9. The molecule has 0 radical (unpaired) electrons. The molecule has 3 aromatic heterocycles. The number of nitrogens with zero attached hydrogens (tertiary/aromatic N) is 6. The fourth-order valence-electron chi connectivity index (χ4n) is 4.02. The Labute approximate surface area is 180 Å². The van der Waals surface area contributed by atoms with E-state index in [9.17, 15) is 4.39 Å². The molecule has 1 aromatic carbocycles. The van der Waals surface area contributed by atoms with E-state index in [1.165, 1.54) is 12.1 Å². The molecule has 6 nitrogen and oxygen atoms in total. The van der Waals surface area contributed by atoms with Gasteiger partial charge < -0.3 is 9.80 Å². The van der Waals surface area contributed by atoms with E-state index in [1.54, 1.807) is 6.07 Å². The van der Waals surface area contributed by atoms with E-state index in [-0.39, 0.29) is 5.82 Å². The second kappa shape index (κ2) is 7.58. The van der Waals surface area contributed by atoms with E-state index >= 15 is 0 Å². The van der Waals surface area contributed by atoms with Crippen molar-refractivity contribution < 1.29 is 4.39 Å². The Hall–Kier alpha value is -3.61. The number of anilines is 2. The molecule has 0 amide bonds. The van der Waals surface area contributed by atoms with Gasteiger partial charge in [-0.05, 0) is 48.9 Å². The highest BCUT2D eigenvalue weighted by atomic mass is 19.1. The normalized spacial score (nSPS) is 13.4. The summed E-state index contributed by atoms with van der Waals surface area (Å²) in [4.78, 5) is 22.5. The summed E-state index contributed by atoms with van der Waals surface area (Å²) in [5, 5.41) is 0.738. The van der Waals surface area contributed by atoms with Gasteiger partial charge in [0.15, 0.2) is 0 Å². The van der Waals surface area contributed by atoms with Crippen LogP contribution in [0.15, 0.2) is 48.8 Å². The molecule has 0 saturated carbocycles. The molecule has 4 aromatic rings. The van der Waals surface area contributed by atoms with Gasteiger partial charge >= 0.3 is 0 Å². The highest BCUT2D eigenvalue weighted by molar-refractivity contribution is 5.89. The molecule has 4 heterocycles. The molecular formula is C24H23FN6. The van der Waals surface area contributed by atoms with Crippen molar-refractivity contribution in [1.82, 2.24) is 19.9 Å². The van der Waals surface area contributed by atoms with Crippen LogP contribution in [-0.4, -0.2) is 40.6 Å². The third-order valence-corrected chi connectivity index (χ3v) is 5.63. The number of benzene rings is 1. The van der Waals surface area contributed by atoms with Crippen molar-refractivity contribution in [2.45, 2.75) is 19.9 Å². The molecule has 156 valence electrons. The van der Waals surface area contributed by atoms with Crippen LogP contribution in [0.1, 0.15) is 17.1 Å². The molecular weight excluding hydrogens is 391 g/mol. The fraction of sp³-hybridized carbons (Fsp3) is 0.250. The number of hydrogen-bond donors (Lipinski definition) is 0. The lowest BCUT2D eigenvalue weighted by Gasteiger charge is -2.30. The largest absolute Gasteiger partial charge is 0.363 e. The zero-order chi connectivity index (χ0) is 21.5. The summed E-state index contributed by atoms with van der Waals surface area (Å²) in [5.41, 5.74) is 5.07. The van der Waals surface area contributed by atoms with Gasteiger partial charge in [-0.25, -0.2) is 19.3 Å². The van der Waals surface area contributed by atoms with Crippen molar-refractivity contribution in [3.05, 3.63) is 71.7 Å². The van der Waals surface area contributed by atoms with E-state index < -0.39 is 0 Å². The topological polar surface area (TPSA) is 58.0 Å². The molecule has 1 aliphatic heterocycles. The van der Waals surface area contributed by atoms with E-state index in [0.29, 0.717) is 12.4 Å². The van der Waals surface area contributed by atoms with E-state index in [1.807, 2.05) is 44.4 Å². The van der Waals surface area contributed by atoms with E-state index in [2.05, 4.69) is 32.0 Å². The number of halogens is 1. The summed E-state index contributed by atoms with van der Waals surface area (Å²) >= 11 is 0. The number of fused-ring (bicyclic) bond motifs is 2. The molecule has 1 aliphatic rings. The molecule has 0 spiro atoms. The second-order valence-corrected chi connectivity index (χ2v) is 8.06. The smallest absolute Gasteiger partial charge is 0.140 e. The minimum absolute atomic E-state index is 0.281. The predicted molar refractivity (Wildman–Crippen MR) is 121 cm³/mol. The summed E-state index contributed by atoms with van der Waals surface area (Å²) in [5.74, 6) is 2.09. The Morgan fingerprint density at radius 3 is 2.58 bits per heavy atom. The number of hydrogen-bond acceptors (Lipinski definition) is 6. The van der Waals surface area contributed by atoms with Gasteiger partial charge in [0.25, 0.3) is 0 Å². The lowest BCUT2D eigenvalue weighted by molar-refractivity contribution is 0.629. The van der Waals surface area contributed by atoms with Crippen molar-refractivity contribution in [3.63, 3.8) is 0 Å². The Morgan fingerprint density at radius 1 is 0.968 bits per heavy atom. The first kappa shape index (κ1) is 19.4. The zero-order valence-electron chi connectivity index (χ0n) is 17.8. The Balaban J connectivity index is 1.50. The molecule has 0 atom stereocenters. The Kier molecular flexibility index (Phi) is 4.73. The van der Waals surface area contributed by atoms with Crippen LogP contribution in [0.5, 0.6) is 0 Å². The van der Waals surface area contributed by atoms with Gasteiger partial charge in [0.2, 0.25) is 0 Å². The minimum atomic E-state index is -0.281. The van der Waals surface area contributed by atoms with Gasteiger partial charge in [0.05, 0.1) is 5.52 Å². The first-order chi connectivity index (χ1) is 15.0. The number of aryl methyl sites for hydroxylation is 1. The first-order valence-corrected chi connectivity index (χ1v) is 10.3. The quantitative estimate of drug-likeness (QED) is 0.502.